The van der Waals surface area contributed by atoms with Crippen LogP contribution in [0, 0.1) is 5.92 Å². The van der Waals surface area contributed by atoms with Gasteiger partial charge in [-0.1, -0.05) is 27.2 Å². The smallest absolute Gasteiger partial charge is 0.193 e. The van der Waals surface area contributed by atoms with Crippen molar-refractivity contribution in [2.75, 3.05) is 0 Å². The second kappa shape index (κ2) is 9.28. The molecule has 0 aliphatic carbocycles. The van der Waals surface area contributed by atoms with Crippen LogP contribution in [-0.2, 0) is 13.1 Å². The molecule has 21 heavy (non-hydrogen) atoms. The lowest BCUT2D eigenvalue weighted by Gasteiger charge is -2.01. The SMILES string of the molecule is CCC(C)C.CC[n+]1ccccc1-c1cccc[n+]1CC. The van der Waals surface area contributed by atoms with Crippen LogP contribution in [-0.4, -0.2) is 0 Å². The van der Waals surface area contributed by atoms with Crippen molar-refractivity contribution in [2.24, 2.45) is 5.92 Å². The van der Waals surface area contributed by atoms with Crippen molar-refractivity contribution in [3.8, 4) is 11.4 Å². The van der Waals surface area contributed by atoms with Crippen molar-refractivity contribution in [3.63, 3.8) is 0 Å². The number of hydrogen-bond donors (Lipinski definition) is 0. The summed E-state index contributed by atoms with van der Waals surface area (Å²) in [5, 5.41) is 0. The molecule has 0 aliphatic heterocycles. The first-order chi connectivity index (χ1) is 10.1. The second-order valence-electron chi connectivity index (χ2n) is 5.55. The third-order valence-electron chi connectivity index (χ3n) is 3.64. The molecule has 2 aromatic heterocycles. The zero-order valence-corrected chi connectivity index (χ0v) is 14.2. The standard InChI is InChI=1S/C14H18N2.C5H12/c1-3-15-11-7-5-9-13(15)14-10-6-8-12-16(14)4-2;1-4-5(2)3/h5-12H,3-4H2,1-2H3;5H,4H2,1-3H3/q+2;. The van der Waals surface area contributed by atoms with Gasteiger partial charge in [0.15, 0.2) is 12.4 Å². The van der Waals surface area contributed by atoms with Crippen LogP contribution in [0.5, 0.6) is 0 Å². The van der Waals surface area contributed by atoms with Crippen LogP contribution in [0.1, 0.15) is 41.0 Å². The molecule has 0 aromatic carbocycles. The Morgan fingerprint density at radius 1 is 0.762 bits per heavy atom. The highest BCUT2D eigenvalue weighted by molar-refractivity contribution is 5.45. The Balaban J connectivity index is 0.000000383. The van der Waals surface area contributed by atoms with E-state index in [0.717, 1.165) is 19.0 Å². The Labute approximate surface area is 130 Å². The molecule has 2 heteroatoms. The summed E-state index contributed by atoms with van der Waals surface area (Å²) >= 11 is 0. The molecule has 0 bridgehead atoms. The maximum atomic E-state index is 2.27. The lowest BCUT2D eigenvalue weighted by molar-refractivity contribution is -0.711. The summed E-state index contributed by atoms with van der Waals surface area (Å²) in [6.07, 6.45) is 5.56. The van der Waals surface area contributed by atoms with Crippen LogP contribution in [0.3, 0.4) is 0 Å². The number of aryl methyl sites for hydroxylation is 2. The molecular formula is C19H30N2+2. The van der Waals surface area contributed by atoms with Gasteiger partial charge in [-0.15, -0.1) is 0 Å². The van der Waals surface area contributed by atoms with Crippen molar-refractivity contribution in [3.05, 3.63) is 48.8 Å². The molecule has 2 rings (SSSR count). The average Bonchev–Trinajstić information content (AvgIpc) is 2.55. The van der Waals surface area contributed by atoms with Crippen molar-refractivity contribution in [2.45, 2.75) is 54.1 Å². The maximum Gasteiger partial charge on any atom is 0.277 e. The minimum atomic E-state index is 0.884. The second-order valence-corrected chi connectivity index (χ2v) is 5.55. The molecule has 0 saturated heterocycles. The van der Waals surface area contributed by atoms with Gasteiger partial charge in [-0.25, -0.2) is 0 Å². The van der Waals surface area contributed by atoms with E-state index < -0.39 is 0 Å². The fourth-order valence-corrected chi connectivity index (χ4v) is 1.97. The van der Waals surface area contributed by atoms with Crippen LogP contribution < -0.4 is 9.13 Å². The molecule has 0 aliphatic rings. The summed E-state index contributed by atoms with van der Waals surface area (Å²) in [4.78, 5) is 0. The molecule has 0 atom stereocenters. The topological polar surface area (TPSA) is 7.76 Å². The van der Waals surface area contributed by atoms with E-state index in [1.54, 1.807) is 0 Å². The molecule has 0 fully saturated rings. The van der Waals surface area contributed by atoms with E-state index in [2.05, 4.69) is 92.5 Å². The predicted octanol–water partition coefficient (Wildman–Crippen LogP) is 4.02. The molecule has 0 spiro atoms. The Hall–Kier alpha value is -1.70. The molecule has 0 saturated carbocycles. The minimum absolute atomic E-state index is 0.884. The Kier molecular flexibility index (Phi) is 7.66. The lowest BCUT2D eigenvalue weighted by atomic mass is 10.2. The summed E-state index contributed by atoms with van der Waals surface area (Å²) in [6, 6.07) is 12.7. The fourth-order valence-electron chi connectivity index (χ4n) is 1.97. The number of aromatic nitrogens is 2. The summed E-state index contributed by atoms with van der Waals surface area (Å²) < 4.78 is 4.53. The first-order valence-corrected chi connectivity index (χ1v) is 8.11. The highest BCUT2D eigenvalue weighted by Gasteiger charge is 2.19. The van der Waals surface area contributed by atoms with Gasteiger partial charge in [-0.05, 0) is 31.9 Å². The van der Waals surface area contributed by atoms with Gasteiger partial charge in [0.2, 0.25) is 0 Å². The normalized spacial score (nSPS) is 10.2. The first-order valence-electron chi connectivity index (χ1n) is 8.11. The van der Waals surface area contributed by atoms with Gasteiger partial charge in [-0.2, -0.15) is 9.13 Å². The maximum absolute atomic E-state index is 2.27. The van der Waals surface area contributed by atoms with Gasteiger partial charge in [0.1, 0.15) is 13.1 Å². The van der Waals surface area contributed by atoms with E-state index >= 15 is 0 Å². The van der Waals surface area contributed by atoms with Crippen LogP contribution >= 0.6 is 0 Å². The van der Waals surface area contributed by atoms with E-state index in [1.807, 2.05) is 0 Å². The van der Waals surface area contributed by atoms with Gasteiger partial charge in [0.05, 0.1) is 0 Å². The minimum Gasteiger partial charge on any atom is -0.193 e. The highest BCUT2D eigenvalue weighted by atomic mass is 15.0. The van der Waals surface area contributed by atoms with Gasteiger partial charge in [-0.3, -0.25) is 0 Å². The predicted molar refractivity (Wildman–Crippen MR) is 88.7 cm³/mol. The average molecular weight is 286 g/mol. The van der Waals surface area contributed by atoms with Crippen molar-refractivity contribution >= 4 is 0 Å². The molecule has 2 aromatic rings. The Bertz CT molecular complexity index is 487. The zero-order chi connectivity index (χ0) is 15.7. The van der Waals surface area contributed by atoms with Gasteiger partial charge in [0, 0.05) is 24.3 Å². The highest BCUT2D eigenvalue weighted by Crippen LogP contribution is 2.09. The quantitative estimate of drug-likeness (QED) is 0.750. The Morgan fingerprint density at radius 2 is 1.14 bits per heavy atom. The first kappa shape index (κ1) is 17.4. The summed E-state index contributed by atoms with van der Waals surface area (Å²) in [5.41, 5.74) is 2.54. The van der Waals surface area contributed by atoms with Crippen LogP contribution in [0.15, 0.2) is 48.8 Å². The van der Waals surface area contributed by atoms with Crippen LogP contribution in [0.25, 0.3) is 11.4 Å². The van der Waals surface area contributed by atoms with E-state index in [9.17, 15) is 0 Å². The van der Waals surface area contributed by atoms with Gasteiger partial charge >= 0.3 is 0 Å². The van der Waals surface area contributed by atoms with Crippen molar-refractivity contribution in [1.82, 2.24) is 0 Å². The van der Waals surface area contributed by atoms with E-state index in [-0.39, 0.29) is 0 Å². The molecule has 0 radical (unpaired) electrons. The Morgan fingerprint density at radius 3 is 1.43 bits per heavy atom. The third-order valence-corrected chi connectivity index (χ3v) is 3.64. The van der Waals surface area contributed by atoms with E-state index in [1.165, 1.54) is 17.8 Å². The van der Waals surface area contributed by atoms with Gasteiger partial charge in [0.25, 0.3) is 11.4 Å². The summed E-state index contributed by atoms with van der Waals surface area (Å²) in [5.74, 6) is 0.884. The number of rotatable bonds is 4. The van der Waals surface area contributed by atoms with Crippen molar-refractivity contribution in [1.29, 1.82) is 0 Å². The molecule has 0 N–H and O–H groups in total. The summed E-state index contributed by atoms with van der Waals surface area (Å²) in [7, 11) is 0. The van der Waals surface area contributed by atoms with Crippen LogP contribution in [0.2, 0.25) is 0 Å². The van der Waals surface area contributed by atoms with E-state index in [4.69, 9.17) is 0 Å². The lowest BCUT2D eigenvalue weighted by Crippen LogP contribution is -2.41. The fraction of sp³-hybridized carbons (Fsp3) is 0.474. The van der Waals surface area contributed by atoms with E-state index in [0.29, 0.717) is 0 Å². The molecule has 2 nitrogen and oxygen atoms in total. The number of hydrogen-bond acceptors (Lipinski definition) is 0. The molecule has 0 amide bonds. The molecular weight excluding hydrogens is 256 g/mol. The number of nitrogens with zero attached hydrogens (tertiary/aromatic N) is 2. The molecule has 114 valence electrons. The van der Waals surface area contributed by atoms with Crippen molar-refractivity contribution < 1.29 is 9.13 Å². The number of pyridine rings is 2. The largest absolute Gasteiger partial charge is 0.277 e. The molecule has 2 heterocycles. The monoisotopic (exact) mass is 286 g/mol. The van der Waals surface area contributed by atoms with Gasteiger partial charge < -0.3 is 0 Å². The third kappa shape index (κ3) is 5.30. The molecule has 0 unspecified atom stereocenters. The summed E-state index contributed by atoms with van der Waals surface area (Å²) in [6.45, 7) is 13.0. The zero-order valence-electron chi connectivity index (χ0n) is 14.2. The van der Waals surface area contributed by atoms with Crippen LogP contribution in [0.4, 0.5) is 0 Å².